The largest absolute Gasteiger partial charge is 0.380 e. The average molecular weight is 236 g/mol. The fraction of sp³-hybridized carbons (Fsp3) is 0.900. The number of rotatable bonds is 5. The van der Waals surface area contributed by atoms with Gasteiger partial charge in [0.1, 0.15) is 0 Å². The second-order valence-corrected chi connectivity index (χ2v) is 4.46. The summed E-state index contributed by atoms with van der Waals surface area (Å²) in [7, 11) is 0. The summed E-state index contributed by atoms with van der Waals surface area (Å²) in [6.07, 6.45) is 5.81. The van der Waals surface area contributed by atoms with Crippen molar-refractivity contribution in [1.29, 1.82) is 0 Å². The summed E-state index contributed by atoms with van der Waals surface area (Å²) in [6.45, 7) is 1.78. The Morgan fingerprint density at radius 2 is 2.36 bits per heavy atom. The molecule has 1 heterocycles. The molecular weight excluding hydrogens is 218 g/mol. The maximum atomic E-state index is 5.60. The number of ether oxygens (including phenoxy) is 1. The normalized spacial score (nSPS) is 21.9. The highest BCUT2D eigenvalue weighted by molar-refractivity contribution is 7.80. The summed E-state index contributed by atoms with van der Waals surface area (Å²) in [4.78, 5) is 0.919. The van der Waals surface area contributed by atoms with Crippen LogP contribution in [0.15, 0.2) is 0 Å². The predicted octanol–water partition coefficient (Wildman–Crippen LogP) is 2.49. The molecule has 1 saturated heterocycles. The first-order valence-electron chi connectivity index (χ1n) is 5.27. The highest BCUT2D eigenvalue weighted by atomic mass is 35.5. The Bertz CT molecular complexity index is 172. The van der Waals surface area contributed by atoms with Gasteiger partial charge in [-0.15, -0.1) is 11.6 Å². The van der Waals surface area contributed by atoms with Gasteiger partial charge >= 0.3 is 0 Å². The molecule has 0 spiro atoms. The van der Waals surface area contributed by atoms with Crippen molar-refractivity contribution in [3.05, 3.63) is 0 Å². The summed E-state index contributed by atoms with van der Waals surface area (Å²) in [5.41, 5.74) is 0. The zero-order valence-corrected chi connectivity index (χ0v) is 10.0. The zero-order valence-electron chi connectivity index (χ0n) is 8.43. The Balaban J connectivity index is 2.06. The number of hydrogen-bond acceptors (Lipinski definition) is 2. The third-order valence-corrected chi connectivity index (χ3v) is 2.90. The molecule has 82 valence electrons. The van der Waals surface area contributed by atoms with Crippen molar-refractivity contribution >= 4 is 28.8 Å². The number of thiocarbonyl (C=S) groups is 1. The van der Waals surface area contributed by atoms with Crippen molar-refractivity contribution in [1.82, 2.24) is 5.32 Å². The van der Waals surface area contributed by atoms with Crippen LogP contribution in [0.2, 0.25) is 0 Å². The van der Waals surface area contributed by atoms with Crippen LogP contribution in [-0.2, 0) is 4.74 Å². The minimum atomic E-state index is 0.347. The minimum Gasteiger partial charge on any atom is -0.380 e. The quantitative estimate of drug-likeness (QED) is 0.450. The van der Waals surface area contributed by atoms with E-state index < -0.39 is 0 Å². The first-order chi connectivity index (χ1) is 6.83. The molecule has 4 heteroatoms. The van der Waals surface area contributed by atoms with Crippen LogP contribution in [0.3, 0.4) is 0 Å². The van der Waals surface area contributed by atoms with E-state index in [1.807, 2.05) is 0 Å². The van der Waals surface area contributed by atoms with Crippen molar-refractivity contribution in [2.45, 2.75) is 38.2 Å². The summed E-state index contributed by atoms with van der Waals surface area (Å²) >= 11 is 10.8. The van der Waals surface area contributed by atoms with E-state index in [1.54, 1.807) is 0 Å². The lowest BCUT2D eigenvalue weighted by Gasteiger charge is -2.22. The molecule has 0 radical (unpaired) electrons. The van der Waals surface area contributed by atoms with Crippen LogP contribution in [0.1, 0.15) is 32.1 Å². The van der Waals surface area contributed by atoms with Crippen LogP contribution in [0.4, 0.5) is 0 Å². The van der Waals surface area contributed by atoms with Crippen molar-refractivity contribution in [3.8, 4) is 0 Å². The van der Waals surface area contributed by atoms with Crippen LogP contribution in [-0.4, -0.2) is 30.1 Å². The van der Waals surface area contributed by atoms with Gasteiger partial charge in [0.2, 0.25) is 0 Å². The van der Waals surface area contributed by atoms with Crippen LogP contribution >= 0.6 is 23.8 Å². The molecule has 0 aromatic heterocycles. The van der Waals surface area contributed by atoms with Crippen molar-refractivity contribution in [2.75, 3.05) is 19.0 Å². The van der Waals surface area contributed by atoms with Crippen molar-refractivity contribution in [2.24, 2.45) is 0 Å². The predicted molar refractivity (Wildman–Crippen MR) is 64.1 cm³/mol. The van der Waals surface area contributed by atoms with Crippen molar-refractivity contribution in [3.63, 3.8) is 0 Å². The molecule has 0 aromatic rings. The summed E-state index contributed by atoms with van der Waals surface area (Å²) in [6, 6.07) is 0. The van der Waals surface area contributed by atoms with Crippen LogP contribution in [0, 0.1) is 0 Å². The number of halogens is 1. The molecule has 1 unspecified atom stereocenters. The van der Waals surface area contributed by atoms with Gasteiger partial charge < -0.3 is 10.1 Å². The molecule has 2 nitrogen and oxygen atoms in total. The first-order valence-corrected chi connectivity index (χ1v) is 6.21. The molecule has 0 bridgehead atoms. The second kappa shape index (κ2) is 7.43. The van der Waals surface area contributed by atoms with Crippen molar-refractivity contribution < 1.29 is 4.74 Å². The lowest BCUT2D eigenvalue weighted by atomic mass is 10.1. The third-order valence-electron chi connectivity index (χ3n) is 2.32. The molecule has 14 heavy (non-hydrogen) atoms. The average Bonchev–Trinajstić information content (AvgIpc) is 2.20. The van der Waals surface area contributed by atoms with E-state index in [-0.39, 0.29) is 0 Å². The maximum absolute atomic E-state index is 5.60. The fourth-order valence-electron chi connectivity index (χ4n) is 1.54. The third kappa shape index (κ3) is 5.13. The van der Waals surface area contributed by atoms with Gasteiger partial charge in [0, 0.05) is 25.5 Å². The minimum absolute atomic E-state index is 0.347. The SMILES string of the molecule is S=C(CC1CCCCO1)NCCCCl. The first kappa shape index (κ1) is 12.2. The molecule has 1 rings (SSSR count). The number of hydrogen-bond donors (Lipinski definition) is 1. The maximum Gasteiger partial charge on any atom is 0.0779 e. The molecule has 1 N–H and O–H groups in total. The van der Waals surface area contributed by atoms with E-state index in [4.69, 9.17) is 28.6 Å². The molecule has 0 amide bonds. The Morgan fingerprint density at radius 3 is 3.00 bits per heavy atom. The molecular formula is C10H18ClNOS. The van der Waals surface area contributed by atoms with E-state index in [2.05, 4.69) is 5.32 Å². The van der Waals surface area contributed by atoms with Crippen LogP contribution in [0.5, 0.6) is 0 Å². The Hall–Kier alpha value is 0.140. The summed E-state index contributed by atoms with van der Waals surface area (Å²) < 4.78 is 5.60. The topological polar surface area (TPSA) is 21.3 Å². The second-order valence-electron chi connectivity index (χ2n) is 3.59. The summed E-state index contributed by atoms with van der Waals surface area (Å²) in [5.74, 6) is 0.690. The molecule has 1 atom stereocenters. The van der Waals surface area contributed by atoms with Gasteiger partial charge in [-0.25, -0.2) is 0 Å². The van der Waals surface area contributed by atoms with E-state index in [9.17, 15) is 0 Å². The highest BCUT2D eigenvalue weighted by Gasteiger charge is 2.15. The molecule has 1 fully saturated rings. The monoisotopic (exact) mass is 235 g/mol. The molecule has 0 aliphatic carbocycles. The fourth-order valence-corrected chi connectivity index (χ4v) is 1.96. The molecule has 1 aliphatic heterocycles. The highest BCUT2D eigenvalue weighted by Crippen LogP contribution is 2.15. The van der Waals surface area contributed by atoms with Gasteiger partial charge in [-0.2, -0.15) is 0 Å². The van der Waals surface area contributed by atoms with E-state index >= 15 is 0 Å². The summed E-state index contributed by atoms with van der Waals surface area (Å²) in [5, 5.41) is 3.20. The zero-order chi connectivity index (χ0) is 10.2. The molecule has 0 saturated carbocycles. The Labute approximate surface area is 96.3 Å². The van der Waals surface area contributed by atoms with Crippen LogP contribution < -0.4 is 5.32 Å². The van der Waals surface area contributed by atoms with E-state index in [0.717, 1.165) is 37.4 Å². The van der Waals surface area contributed by atoms with Gasteiger partial charge in [0.25, 0.3) is 0 Å². The Morgan fingerprint density at radius 1 is 1.50 bits per heavy atom. The van der Waals surface area contributed by atoms with Crippen LogP contribution in [0.25, 0.3) is 0 Å². The van der Waals surface area contributed by atoms with Gasteiger partial charge in [-0.05, 0) is 25.7 Å². The van der Waals surface area contributed by atoms with Gasteiger partial charge in [0.05, 0.1) is 11.1 Å². The number of alkyl halides is 1. The smallest absolute Gasteiger partial charge is 0.0779 e. The van der Waals surface area contributed by atoms with Gasteiger partial charge in [-0.1, -0.05) is 12.2 Å². The molecule has 0 aromatic carbocycles. The standard InChI is InChI=1S/C10H18ClNOS/c11-5-3-6-12-10(14)8-9-4-1-2-7-13-9/h9H,1-8H2,(H,12,14). The van der Waals surface area contributed by atoms with Gasteiger partial charge in [0.15, 0.2) is 0 Å². The lowest BCUT2D eigenvalue weighted by molar-refractivity contribution is 0.0210. The lowest BCUT2D eigenvalue weighted by Crippen LogP contribution is -2.29. The van der Waals surface area contributed by atoms with E-state index in [0.29, 0.717) is 12.0 Å². The number of nitrogens with one attached hydrogen (secondary N) is 1. The molecule has 1 aliphatic rings. The Kier molecular flexibility index (Phi) is 6.48. The van der Waals surface area contributed by atoms with Gasteiger partial charge in [-0.3, -0.25) is 0 Å². The van der Waals surface area contributed by atoms with E-state index in [1.165, 1.54) is 12.8 Å².